The Balaban J connectivity index is 2.35. The Morgan fingerprint density at radius 2 is 1.90 bits per heavy atom. The van der Waals surface area contributed by atoms with E-state index in [1.165, 1.54) is 27.2 Å². The first kappa shape index (κ1) is 11.3. The topological polar surface area (TPSA) is 38.1 Å². The van der Waals surface area contributed by atoms with Crippen LogP contribution in [-0.4, -0.2) is 14.7 Å². The highest BCUT2D eigenvalue weighted by molar-refractivity contribution is 6.14. The number of pyridine rings is 1. The van der Waals surface area contributed by atoms with Gasteiger partial charge in [-0.15, -0.1) is 0 Å². The maximum atomic E-state index is 9.76. The molecule has 0 bridgehead atoms. The van der Waals surface area contributed by atoms with E-state index in [4.69, 9.17) is 0 Å². The van der Waals surface area contributed by atoms with Gasteiger partial charge in [-0.1, -0.05) is 0 Å². The number of nitrogens with zero attached hydrogens (tertiary/aromatic N) is 2. The van der Waals surface area contributed by atoms with Crippen molar-refractivity contribution < 1.29 is 5.11 Å². The smallest absolute Gasteiger partial charge is 0.116 e. The predicted octanol–water partition coefficient (Wildman–Crippen LogP) is 3.89. The molecule has 2 aromatic heterocycles. The van der Waals surface area contributed by atoms with Gasteiger partial charge in [0.05, 0.1) is 5.52 Å². The van der Waals surface area contributed by atoms with Crippen molar-refractivity contribution in [3.05, 3.63) is 48.3 Å². The first-order valence-electron chi connectivity index (χ1n) is 6.61. The van der Waals surface area contributed by atoms with E-state index < -0.39 is 0 Å². The zero-order chi connectivity index (χ0) is 13.9. The fourth-order valence-electron chi connectivity index (χ4n) is 3.19. The highest BCUT2D eigenvalue weighted by Crippen LogP contribution is 2.35. The Hall–Kier alpha value is -2.55. The van der Waals surface area contributed by atoms with E-state index in [0.717, 1.165) is 10.9 Å². The van der Waals surface area contributed by atoms with Crippen LogP contribution in [-0.2, 0) is 7.05 Å². The highest BCUT2D eigenvalue weighted by Gasteiger charge is 2.13. The molecule has 3 heteroatoms. The molecule has 4 aromatic rings. The molecule has 1 N–H and O–H groups in total. The molecule has 98 valence electrons. The molecule has 0 amide bonds. The lowest BCUT2D eigenvalue weighted by atomic mass is 10.0. The summed E-state index contributed by atoms with van der Waals surface area (Å²) in [5, 5.41) is 14.4. The summed E-state index contributed by atoms with van der Waals surface area (Å²) < 4.78 is 2.19. The minimum absolute atomic E-state index is 0.303. The van der Waals surface area contributed by atoms with E-state index in [-0.39, 0.29) is 0 Å². The van der Waals surface area contributed by atoms with E-state index in [1.54, 1.807) is 6.07 Å². The monoisotopic (exact) mass is 262 g/mol. The van der Waals surface area contributed by atoms with Crippen LogP contribution in [0, 0.1) is 6.92 Å². The molecule has 0 saturated carbocycles. The summed E-state index contributed by atoms with van der Waals surface area (Å²) in [4.78, 5) is 4.23. The van der Waals surface area contributed by atoms with Crippen LogP contribution in [0.1, 0.15) is 5.56 Å². The van der Waals surface area contributed by atoms with Gasteiger partial charge < -0.3 is 9.67 Å². The molecule has 20 heavy (non-hydrogen) atoms. The second-order valence-corrected chi connectivity index (χ2v) is 5.26. The third-order valence-electron chi connectivity index (χ3n) is 4.14. The minimum atomic E-state index is 0.303. The van der Waals surface area contributed by atoms with Crippen molar-refractivity contribution >= 4 is 32.6 Å². The quantitative estimate of drug-likeness (QED) is 0.522. The number of aryl methyl sites for hydroxylation is 2. The Morgan fingerprint density at radius 1 is 1.05 bits per heavy atom. The number of hydrogen-bond acceptors (Lipinski definition) is 2. The molecule has 0 aliphatic rings. The van der Waals surface area contributed by atoms with Crippen LogP contribution in [0.2, 0.25) is 0 Å². The van der Waals surface area contributed by atoms with Gasteiger partial charge in [0.1, 0.15) is 5.75 Å². The maximum absolute atomic E-state index is 9.76. The molecule has 2 heterocycles. The molecule has 0 spiro atoms. The average Bonchev–Trinajstić information content (AvgIpc) is 2.72. The molecular formula is C17H14N2O. The van der Waals surface area contributed by atoms with Crippen LogP contribution in [0.4, 0.5) is 0 Å². The van der Waals surface area contributed by atoms with Crippen molar-refractivity contribution in [3.63, 3.8) is 0 Å². The summed E-state index contributed by atoms with van der Waals surface area (Å²) in [6, 6.07) is 9.75. The number of rotatable bonds is 0. The molecule has 0 unspecified atom stereocenters. The predicted molar refractivity (Wildman–Crippen MR) is 82.1 cm³/mol. The largest absolute Gasteiger partial charge is 0.508 e. The van der Waals surface area contributed by atoms with Gasteiger partial charge in [-0.25, -0.2) is 0 Å². The number of benzene rings is 2. The second-order valence-electron chi connectivity index (χ2n) is 5.26. The first-order valence-corrected chi connectivity index (χ1v) is 6.61. The van der Waals surface area contributed by atoms with Crippen molar-refractivity contribution in [2.75, 3.05) is 0 Å². The van der Waals surface area contributed by atoms with E-state index in [1.807, 2.05) is 30.6 Å². The van der Waals surface area contributed by atoms with Crippen LogP contribution >= 0.6 is 0 Å². The molecule has 0 aliphatic carbocycles. The lowest BCUT2D eigenvalue weighted by Gasteiger charge is -2.06. The number of aromatic hydroxyl groups is 1. The van der Waals surface area contributed by atoms with Crippen molar-refractivity contribution in [2.24, 2.45) is 7.05 Å². The van der Waals surface area contributed by atoms with E-state index in [2.05, 4.69) is 29.6 Å². The molecule has 3 nitrogen and oxygen atoms in total. The van der Waals surface area contributed by atoms with Gasteiger partial charge in [0.25, 0.3) is 0 Å². The minimum Gasteiger partial charge on any atom is -0.508 e. The zero-order valence-corrected chi connectivity index (χ0v) is 11.4. The van der Waals surface area contributed by atoms with Gasteiger partial charge in [-0.3, -0.25) is 4.98 Å². The highest BCUT2D eigenvalue weighted by atomic mass is 16.3. The summed E-state index contributed by atoms with van der Waals surface area (Å²) in [6.07, 6.45) is 3.73. The molecule has 0 atom stereocenters. The van der Waals surface area contributed by atoms with E-state index in [0.29, 0.717) is 5.75 Å². The van der Waals surface area contributed by atoms with Gasteiger partial charge in [0, 0.05) is 41.1 Å². The van der Waals surface area contributed by atoms with Crippen LogP contribution in [0.3, 0.4) is 0 Å². The molecule has 2 aromatic carbocycles. The van der Waals surface area contributed by atoms with E-state index >= 15 is 0 Å². The lowest BCUT2D eigenvalue weighted by molar-refractivity contribution is 0.476. The average molecular weight is 262 g/mol. The molecular weight excluding hydrogens is 248 g/mol. The number of hydrogen-bond donors (Lipinski definition) is 1. The van der Waals surface area contributed by atoms with Gasteiger partial charge in [-0.05, 0) is 48.2 Å². The van der Waals surface area contributed by atoms with Crippen molar-refractivity contribution in [1.82, 2.24) is 9.55 Å². The number of phenols is 1. The number of fused-ring (bicyclic) bond motifs is 4. The summed E-state index contributed by atoms with van der Waals surface area (Å²) in [5.41, 5.74) is 3.55. The first-order chi connectivity index (χ1) is 9.66. The Morgan fingerprint density at radius 3 is 2.75 bits per heavy atom. The molecule has 0 aliphatic heterocycles. The maximum Gasteiger partial charge on any atom is 0.116 e. The normalized spacial score (nSPS) is 11.7. The third-order valence-corrected chi connectivity index (χ3v) is 4.14. The Bertz CT molecular complexity index is 983. The van der Waals surface area contributed by atoms with Crippen LogP contribution in [0.5, 0.6) is 5.75 Å². The standard InChI is InChI=1S/C17H14N2O/c1-10-15-9-18-6-5-11(15)7-14-13-8-12(20)3-4-16(13)19(2)17(10)14/h3-9,20H,1-2H3. The van der Waals surface area contributed by atoms with Gasteiger partial charge in [0.15, 0.2) is 0 Å². The molecule has 0 saturated heterocycles. The Labute approximate surface area is 116 Å². The SMILES string of the molecule is Cc1c2cnccc2cc2c3cc(O)ccc3n(C)c12. The van der Waals surface area contributed by atoms with Crippen molar-refractivity contribution in [2.45, 2.75) is 6.92 Å². The van der Waals surface area contributed by atoms with Crippen LogP contribution in [0.15, 0.2) is 42.7 Å². The summed E-state index contributed by atoms with van der Waals surface area (Å²) in [7, 11) is 2.07. The fourth-order valence-corrected chi connectivity index (χ4v) is 3.19. The Kier molecular flexibility index (Phi) is 2.11. The summed E-state index contributed by atoms with van der Waals surface area (Å²) >= 11 is 0. The van der Waals surface area contributed by atoms with Crippen molar-refractivity contribution in [3.8, 4) is 5.75 Å². The molecule has 4 rings (SSSR count). The van der Waals surface area contributed by atoms with E-state index in [9.17, 15) is 5.11 Å². The van der Waals surface area contributed by atoms with Gasteiger partial charge >= 0.3 is 0 Å². The van der Waals surface area contributed by atoms with Gasteiger partial charge in [-0.2, -0.15) is 0 Å². The lowest BCUT2D eigenvalue weighted by Crippen LogP contribution is -1.90. The van der Waals surface area contributed by atoms with Crippen LogP contribution < -0.4 is 0 Å². The second kappa shape index (κ2) is 3.73. The molecule has 0 radical (unpaired) electrons. The number of phenolic OH excluding ortho intramolecular Hbond substituents is 1. The van der Waals surface area contributed by atoms with Gasteiger partial charge in [0.2, 0.25) is 0 Å². The number of aromatic nitrogens is 2. The fraction of sp³-hybridized carbons (Fsp3) is 0.118. The molecule has 0 fully saturated rings. The zero-order valence-electron chi connectivity index (χ0n) is 11.4. The third kappa shape index (κ3) is 1.32. The summed E-state index contributed by atoms with van der Waals surface area (Å²) in [6.45, 7) is 2.13. The van der Waals surface area contributed by atoms with Crippen LogP contribution in [0.25, 0.3) is 32.6 Å². The summed E-state index contributed by atoms with van der Waals surface area (Å²) in [5.74, 6) is 0.303. The van der Waals surface area contributed by atoms with Crippen molar-refractivity contribution in [1.29, 1.82) is 0 Å².